The monoisotopic (exact) mass is 316 g/mol. The minimum Gasteiger partial charge on any atom is -0.497 e. The fourth-order valence-electron chi connectivity index (χ4n) is 1.79. The number of hydrogen-bond donors (Lipinski definition) is 2. The van der Waals surface area contributed by atoms with Gasteiger partial charge < -0.3 is 4.74 Å². The molecule has 0 spiro atoms. The number of amides is 1. The van der Waals surface area contributed by atoms with Gasteiger partial charge in [-0.15, -0.1) is 16.4 Å². The van der Waals surface area contributed by atoms with Crippen molar-refractivity contribution in [3.8, 4) is 5.75 Å². The number of nitrogens with one attached hydrogen (secondary N) is 2. The number of nitrogens with zero attached hydrogens (tertiary/aromatic N) is 4. The van der Waals surface area contributed by atoms with E-state index in [1.165, 1.54) is 11.3 Å². The molecule has 0 aliphatic carbocycles. The van der Waals surface area contributed by atoms with Crippen molar-refractivity contribution in [2.75, 3.05) is 12.4 Å². The van der Waals surface area contributed by atoms with Gasteiger partial charge in [0.2, 0.25) is 0 Å². The van der Waals surface area contributed by atoms with Crippen molar-refractivity contribution in [3.63, 3.8) is 0 Å². The van der Waals surface area contributed by atoms with E-state index in [2.05, 4.69) is 30.9 Å². The normalized spacial score (nSPS) is 10.4. The highest BCUT2D eigenvalue weighted by molar-refractivity contribution is 7.09. The summed E-state index contributed by atoms with van der Waals surface area (Å²) in [5.41, 5.74) is 1.43. The van der Waals surface area contributed by atoms with E-state index in [0.29, 0.717) is 12.1 Å². The molecule has 1 amide bonds. The summed E-state index contributed by atoms with van der Waals surface area (Å²) < 4.78 is 5.12. The summed E-state index contributed by atoms with van der Waals surface area (Å²) in [6, 6.07) is 7.73. The minimum absolute atomic E-state index is 0.120. The summed E-state index contributed by atoms with van der Waals surface area (Å²) >= 11 is 1.43. The number of tetrazole rings is 1. The molecule has 22 heavy (non-hydrogen) atoms. The first-order chi connectivity index (χ1) is 10.7. The Morgan fingerprint density at radius 1 is 1.36 bits per heavy atom. The van der Waals surface area contributed by atoms with Crippen molar-refractivity contribution in [1.82, 2.24) is 25.6 Å². The summed E-state index contributed by atoms with van der Waals surface area (Å²) in [5.74, 6) is 0.566. The second kappa shape index (κ2) is 6.31. The van der Waals surface area contributed by atoms with Crippen molar-refractivity contribution in [2.24, 2.45) is 0 Å². The highest BCUT2D eigenvalue weighted by atomic mass is 32.1. The molecule has 3 aromatic rings. The van der Waals surface area contributed by atoms with Crippen LogP contribution in [0, 0.1) is 0 Å². The molecule has 0 aliphatic rings. The summed E-state index contributed by atoms with van der Waals surface area (Å²) in [6.45, 7) is 0. The van der Waals surface area contributed by atoms with Crippen LogP contribution in [0.15, 0.2) is 29.6 Å². The lowest BCUT2D eigenvalue weighted by Gasteiger charge is -2.01. The van der Waals surface area contributed by atoms with Crippen LogP contribution in [0.25, 0.3) is 0 Å². The molecule has 9 heteroatoms. The van der Waals surface area contributed by atoms with Gasteiger partial charge in [0.05, 0.1) is 12.1 Å². The summed E-state index contributed by atoms with van der Waals surface area (Å²) in [6.07, 6.45) is 0.657. The van der Waals surface area contributed by atoms with Crippen LogP contribution in [0.3, 0.4) is 0 Å². The zero-order valence-electron chi connectivity index (χ0n) is 11.6. The van der Waals surface area contributed by atoms with Gasteiger partial charge in [0, 0.05) is 11.8 Å². The number of H-pyrrole nitrogens is 1. The van der Waals surface area contributed by atoms with Gasteiger partial charge in [-0.05, 0) is 22.9 Å². The van der Waals surface area contributed by atoms with Gasteiger partial charge >= 0.3 is 0 Å². The summed E-state index contributed by atoms with van der Waals surface area (Å²) in [5, 5.41) is 18.0. The molecule has 0 atom stereocenters. The number of aromatic nitrogens is 5. The van der Waals surface area contributed by atoms with Gasteiger partial charge in [0.25, 0.3) is 11.9 Å². The first kappa shape index (κ1) is 14.1. The quantitative estimate of drug-likeness (QED) is 0.739. The third-order valence-electron chi connectivity index (χ3n) is 2.87. The van der Waals surface area contributed by atoms with E-state index in [1.807, 2.05) is 24.3 Å². The Hall–Kier alpha value is -2.81. The maximum Gasteiger partial charge on any atom is 0.277 e. The second-order valence-corrected chi connectivity index (χ2v) is 5.28. The molecule has 112 valence electrons. The number of anilines is 1. The molecule has 0 bridgehead atoms. The van der Waals surface area contributed by atoms with Crippen molar-refractivity contribution in [2.45, 2.75) is 6.42 Å². The van der Waals surface area contributed by atoms with E-state index in [4.69, 9.17) is 4.74 Å². The third-order valence-corrected chi connectivity index (χ3v) is 3.72. The van der Waals surface area contributed by atoms with Gasteiger partial charge in [-0.3, -0.25) is 10.1 Å². The highest BCUT2D eigenvalue weighted by Gasteiger charge is 2.13. The molecule has 0 unspecified atom stereocenters. The van der Waals surface area contributed by atoms with E-state index in [-0.39, 0.29) is 11.9 Å². The van der Waals surface area contributed by atoms with Gasteiger partial charge in [0.1, 0.15) is 11.4 Å². The second-order valence-electron chi connectivity index (χ2n) is 4.34. The number of hydrogen-bond acceptors (Lipinski definition) is 7. The molecule has 2 heterocycles. The standard InChI is InChI=1S/C13H12N6O2S/c1-21-9-4-2-8(3-5-9)6-11-14-10(7-22-11)12(20)15-13-16-18-19-17-13/h2-5,7H,6H2,1H3,(H2,15,16,17,18,19,20). The van der Waals surface area contributed by atoms with E-state index in [9.17, 15) is 4.79 Å². The molecule has 2 N–H and O–H groups in total. The van der Waals surface area contributed by atoms with Crippen LogP contribution >= 0.6 is 11.3 Å². The SMILES string of the molecule is COc1ccc(Cc2nc(C(=O)Nc3nn[nH]n3)cs2)cc1. The predicted molar refractivity (Wildman–Crippen MR) is 80.0 cm³/mol. The lowest BCUT2D eigenvalue weighted by atomic mass is 10.1. The molecule has 3 rings (SSSR count). The Bertz CT molecular complexity index is 753. The number of rotatable bonds is 5. The van der Waals surface area contributed by atoms with Crippen LogP contribution in [-0.2, 0) is 6.42 Å². The predicted octanol–water partition coefficient (Wildman–Crippen LogP) is 1.51. The number of carbonyl (C=O) groups is 1. The lowest BCUT2D eigenvalue weighted by Crippen LogP contribution is -2.13. The summed E-state index contributed by atoms with van der Waals surface area (Å²) in [4.78, 5) is 16.3. The van der Waals surface area contributed by atoms with Crippen molar-refractivity contribution in [3.05, 3.63) is 45.9 Å². The molecule has 0 saturated carbocycles. The molecule has 0 fully saturated rings. The van der Waals surface area contributed by atoms with Crippen LogP contribution in [0.4, 0.5) is 5.95 Å². The van der Waals surface area contributed by atoms with Crippen molar-refractivity contribution >= 4 is 23.2 Å². The number of benzene rings is 1. The molecular formula is C13H12N6O2S. The van der Waals surface area contributed by atoms with Gasteiger partial charge in [0.15, 0.2) is 0 Å². The molecule has 0 saturated heterocycles. The molecule has 2 aromatic heterocycles. The van der Waals surface area contributed by atoms with Gasteiger partial charge in [-0.2, -0.15) is 5.21 Å². The Balaban J connectivity index is 1.66. The van der Waals surface area contributed by atoms with Gasteiger partial charge in [-0.1, -0.05) is 17.2 Å². The average Bonchev–Trinajstić information content (AvgIpc) is 3.20. The van der Waals surface area contributed by atoms with Gasteiger partial charge in [-0.25, -0.2) is 4.98 Å². The maximum absolute atomic E-state index is 12.0. The van der Waals surface area contributed by atoms with Crippen LogP contribution < -0.4 is 10.1 Å². The van der Waals surface area contributed by atoms with Crippen molar-refractivity contribution < 1.29 is 9.53 Å². The fourth-order valence-corrected chi connectivity index (χ4v) is 2.60. The Morgan fingerprint density at radius 3 is 2.86 bits per heavy atom. The maximum atomic E-state index is 12.0. The van der Waals surface area contributed by atoms with E-state index < -0.39 is 0 Å². The Morgan fingerprint density at radius 2 is 2.18 bits per heavy atom. The molecular weight excluding hydrogens is 304 g/mol. The summed E-state index contributed by atoms with van der Waals surface area (Å²) in [7, 11) is 1.63. The van der Waals surface area contributed by atoms with Crippen LogP contribution in [0.5, 0.6) is 5.75 Å². The number of thiazole rings is 1. The fraction of sp³-hybridized carbons (Fsp3) is 0.154. The van der Waals surface area contributed by atoms with Crippen molar-refractivity contribution in [1.29, 1.82) is 0 Å². The lowest BCUT2D eigenvalue weighted by molar-refractivity contribution is 0.102. The first-order valence-corrected chi connectivity index (χ1v) is 7.24. The van der Waals surface area contributed by atoms with Crippen LogP contribution in [-0.4, -0.2) is 38.6 Å². The molecule has 8 nitrogen and oxygen atoms in total. The Kier molecular flexibility index (Phi) is 4.05. The Labute approximate surface area is 129 Å². The van der Waals surface area contributed by atoms with E-state index in [0.717, 1.165) is 16.3 Å². The average molecular weight is 316 g/mol. The smallest absolute Gasteiger partial charge is 0.277 e. The first-order valence-electron chi connectivity index (χ1n) is 6.37. The largest absolute Gasteiger partial charge is 0.497 e. The van der Waals surface area contributed by atoms with Crippen LogP contribution in [0.1, 0.15) is 21.1 Å². The van der Waals surface area contributed by atoms with Crippen LogP contribution in [0.2, 0.25) is 0 Å². The number of ether oxygens (including phenoxy) is 1. The zero-order valence-corrected chi connectivity index (χ0v) is 12.4. The molecule has 1 aromatic carbocycles. The minimum atomic E-state index is -0.362. The number of aromatic amines is 1. The number of methoxy groups -OCH3 is 1. The third kappa shape index (κ3) is 3.26. The highest BCUT2D eigenvalue weighted by Crippen LogP contribution is 2.18. The van der Waals surface area contributed by atoms with E-state index >= 15 is 0 Å². The zero-order chi connectivity index (χ0) is 15.4. The molecule has 0 aliphatic heterocycles. The molecule has 0 radical (unpaired) electrons. The van der Waals surface area contributed by atoms with E-state index in [1.54, 1.807) is 12.5 Å². The number of carbonyl (C=O) groups excluding carboxylic acids is 1. The topological polar surface area (TPSA) is 106 Å².